The van der Waals surface area contributed by atoms with Crippen LogP contribution < -0.4 is 14.8 Å². The quantitative estimate of drug-likeness (QED) is 0.441. The minimum Gasteiger partial charge on any atom is -0.497 e. The van der Waals surface area contributed by atoms with Gasteiger partial charge >= 0.3 is 0 Å². The van der Waals surface area contributed by atoms with Gasteiger partial charge in [-0.1, -0.05) is 74.5 Å². The lowest BCUT2D eigenvalue weighted by Gasteiger charge is -2.33. The van der Waals surface area contributed by atoms with Crippen LogP contribution in [0.15, 0.2) is 78.9 Å². The molecule has 1 atom stereocenters. The lowest BCUT2D eigenvalue weighted by Crippen LogP contribution is -2.51. The van der Waals surface area contributed by atoms with Gasteiger partial charge in [0.25, 0.3) is 0 Å². The standard InChI is InChI=1S/C29H34N2O4/c1-21(2)29(33)31(20-23-14-16-25(34-3)17-15-23)26(18-22-10-6-5-7-11-22)28(32)30-19-24-12-8-9-13-27(24)35-4/h5-17,21,26H,18-20H2,1-4H3,(H,30,32)/t26-/m0/s1. The Morgan fingerprint density at radius 1 is 0.829 bits per heavy atom. The molecule has 0 radical (unpaired) electrons. The number of benzene rings is 3. The number of nitrogens with zero attached hydrogens (tertiary/aromatic N) is 1. The van der Waals surface area contributed by atoms with Gasteiger partial charge in [0.1, 0.15) is 17.5 Å². The van der Waals surface area contributed by atoms with Crippen molar-refractivity contribution in [3.05, 3.63) is 95.6 Å². The molecule has 0 aromatic heterocycles. The highest BCUT2D eigenvalue weighted by Gasteiger charge is 2.31. The maximum absolute atomic E-state index is 13.6. The Labute approximate surface area is 207 Å². The molecule has 3 aromatic carbocycles. The number of ether oxygens (including phenoxy) is 2. The van der Waals surface area contributed by atoms with Crippen LogP contribution in [-0.2, 0) is 29.1 Å². The molecule has 1 N–H and O–H groups in total. The minimum atomic E-state index is -0.677. The Hall–Kier alpha value is -3.80. The van der Waals surface area contributed by atoms with Crippen LogP contribution in [0.2, 0.25) is 0 Å². The van der Waals surface area contributed by atoms with Gasteiger partial charge in [0.05, 0.1) is 14.2 Å². The second-order valence-electron chi connectivity index (χ2n) is 8.70. The number of para-hydroxylation sites is 1. The summed E-state index contributed by atoms with van der Waals surface area (Å²) in [6.45, 7) is 4.34. The number of rotatable bonds is 11. The highest BCUT2D eigenvalue weighted by Crippen LogP contribution is 2.20. The first kappa shape index (κ1) is 25.8. The molecule has 0 spiro atoms. The smallest absolute Gasteiger partial charge is 0.243 e. The number of hydrogen-bond acceptors (Lipinski definition) is 4. The van der Waals surface area contributed by atoms with Gasteiger partial charge in [-0.05, 0) is 29.3 Å². The third-order valence-corrected chi connectivity index (χ3v) is 5.89. The van der Waals surface area contributed by atoms with Crippen LogP contribution in [0.5, 0.6) is 11.5 Å². The van der Waals surface area contributed by atoms with Crippen LogP contribution in [-0.4, -0.2) is 37.0 Å². The summed E-state index contributed by atoms with van der Waals surface area (Å²) >= 11 is 0. The van der Waals surface area contributed by atoms with Crippen molar-refractivity contribution in [3.8, 4) is 11.5 Å². The molecular formula is C29H34N2O4. The molecular weight excluding hydrogens is 440 g/mol. The third kappa shape index (κ3) is 7.09. The molecule has 0 bridgehead atoms. The molecule has 0 fully saturated rings. The van der Waals surface area contributed by atoms with Crippen molar-refractivity contribution in [2.45, 2.75) is 39.4 Å². The average Bonchev–Trinajstić information content (AvgIpc) is 2.89. The normalized spacial score (nSPS) is 11.6. The molecule has 0 aliphatic heterocycles. The van der Waals surface area contributed by atoms with E-state index in [9.17, 15) is 9.59 Å². The van der Waals surface area contributed by atoms with Crippen LogP contribution in [0.25, 0.3) is 0 Å². The molecule has 0 heterocycles. The Balaban J connectivity index is 1.90. The fourth-order valence-corrected chi connectivity index (χ4v) is 3.93. The topological polar surface area (TPSA) is 67.9 Å². The van der Waals surface area contributed by atoms with Gasteiger partial charge in [0, 0.05) is 31.0 Å². The van der Waals surface area contributed by atoms with Gasteiger partial charge in [-0.2, -0.15) is 0 Å². The number of hydrogen-bond donors (Lipinski definition) is 1. The predicted octanol–water partition coefficient (Wildman–Crippen LogP) is 4.62. The first-order valence-corrected chi connectivity index (χ1v) is 11.8. The molecule has 3 rings (SSSR count). The van der Waals surface area contributed by atoms with E-state index in [0.717, 1.165) is 22.4 Å². The van der Waals surface area contributed by atoms with Crippen molar-refractivity contribution < 1.29 is 19.1 Å². The second kappa shape index (κ2) is 12.6. The number of carbonyl (C=O) groups excluding carboxylic acids is 2. The molecule has 0 unspecified atom stereocenters. The van der Waals surface area contributed by atoms with Gasteiger partial charge in [-0.3, -0.25) is 9.59 Å². The monoisotopic (exact) mass is 474 g/mol. The Bertz CT molecular complexity index is 1100. The first-order chi connectivity index (χ1) is 16.9. The summed E-state index contributed by atoms with van der Waals surface area (Å²) in [5.74, 6) is 0.914. The van der Waals surface area contributed by atoms with E-state index in [1.807, 2.05) is 92.7 Å². The van der Waals surface area contributed by atoms with Crippen molar-refractivity contribution in [1.82, 2.24) is 10.2 Å². The summed E-state index contributed by atoms with van der Waals surface area (Å²) in [5, 5.41) is 3.04. The average molecular weight is 475 g/mol. The van der Waals surface area contributed by atoms with E-state index in [0.29, 0.717) is 25.3 Å². The molecule has 6 heteroatoms. The van der Waals surface area contributed by atoms with Gasteiger partial charge < -0.3 is 19.7 Å². The number of carbonyl (C=O) groups is 2. The zero-order valence-electron chi connectivity index (χ0n) is 20.9. The molecule has 2 amide bonds. The zero-order chi connectivity index (χ0) is 25.2. The molecule has 0 aliphatic carbocycles. The number of nitrogens with one attached hydrogen (secondary N) is 1. The van der Waals surface area contributed by atoms with E-state index >= 15 is 0 Å². The summed E-state index contributed by atoms with van der Waals surface area (Å²) in [4.78, 5) is 28.7. The molecule has 6 nitrogen and oxygen atoms in total. The maximum Gasteiger partial charge on any atom is 0.243 e. The third-order valence-electron chi connectivity index (χ3n) is 5.89. The Morgan fingerprint density at radius 3 is 2.11 bits per heavy atom. The van der Waals surface area contributed by atoms with Crippen molar-refractivity contribution in [3.63, 3.8) is 0 Å². The van der Waals surface area contributed by atoms with E-state index in [1.54, 1.807) is 19.1 Å². The lowest BCUT2D eigenvalue weighted by molar-refractivity contribution is -0.143. The predicted molar refractivity (Wildman–Crippen MR) is 137 cm³/mol. The number of amides is 2. The Kier molecular flexibility index (Phi) is 9.30. The van der Waals surface area contributed by atoms with Crippen molar-refractivity contribution in [2.24, 2.45) is 5.92 Å². The van der Waals surface area contributed by atoms with E-state index in [2.05, 4.69) is 5.32 Å². The van der Waals surface area contributed by atoms with Crippen LogP contribution >= 0.6 is 0 Å². The number of methoxy groups -OCH3 is 2. The van der Waals surface area contributed by atoms with Crippen LogP contribution in [0, 0.1) is 5.92 Å². The van der Waals surface area contributed by atoms with Gasteiger partial charge in [-0.15, -0.1) is 0 Å². The summed E-state index contributed by atoms with van der Waals surface area (Å²) < 4.78 is 10.7. The van der Waals surface area contributed by atoms with Crippen molar-refractivity contribution in [2.75, 3.05) is 14.2 Å². The van der Waals surface area contributed by atoms with Gasteiger partial charge in [-0.25, -0.2) is 0 Å². The highest BCUT2D eigenvalue weighted by molar-refractivity contribution is 5.88. The summed E-state index contributed by atoms with van der Waals surface area (Å²) in [7, 11) is 3.22. The van der Waals surface area contributed by atoms with Crippen molar-refractivity contribution in [1.29, 1.82) is 0 Å². The summed E-state index contributed by atoms with van der Waals surface area (Å²) in [5.41, 5.74) is 2.79. The molecule has 0 aliphatic rings. The Morgan fingerprint density at radius 2 is 1.49 bits per heavy atom. The van der Waals surface area contributed by atoms with E-state index in [1.165, 1.54) is 0 Å². The second-order valence-corrected chi connectivity index (χ2v) is 8.70. The fourth-order valence-electron chi connectivity index (χ4n) is 3.93. The molecule has 184 valence electrons. The van der Waals surface area contributed by atoms with E-state index in [4.69, 9.17) is 9.47 Å². The van der Waals surface area contributed by atoms with Crippen LogP contribution in [0.4, 0.5) is 0 Å². The minimum absolute atomic E-state index is 0.0748. The lowest BCUT2D eigenvalue weighted by atomic mass is 10.0. The molecule has 0 saturated carbocycles. The van der Waals surface area contributed by atoms with E-state index < -0.39 is 6.04 Å². The SMILES string of the molecule is COc1ccc(CN(C(=O)C(C)C)[C@@H](Cc2ccccc2)C(=O)NCc2ccccc2OC)cc1. The molecule has 0 saturated heterocycles. The van der Waals surface area contributed by atoms with Crippen molar-refractivity contribution >= 4 is 11.8 Å². The highest BCUT2D eigenvalue weighted by atomic mass is 16.5. The van der Waals surface area contributed by atoms with Crippen LogP contribution in [0.1, 0.15) is 30.5 Å². The summed E-state index contributed by atoms with van der Waals surface area (Å²) in [6.07, 6.45) is 0.410. The molecule has 3 aromatic rings. The molecule has 35 heavy (non-hydrogen) atoms. The van der Waals surface area contributed by atoms with Crippen LogP contribution in [0.3, 0.4) is 0 Å². The summed E-state index contributed by atoms with van der Waals surface area (Å²) in [6, 6.07) is 24.2. The van der Waals surface area contributed by atoms with Gasteiger partial charge in [0.2, 0.25) is 11.8 Å². The van der Waals surface area contributed by atoms with E-state index in [-0.39, 0.29) is 17.7 Å². The van der Waals surface area contributed by atoms with Gasteiger partial charge in [0.15, 0.2) is 0 Å². The first-order valence-electron chi connectivity index (χ1n) is 11.8. The largest absolute Gasteiger partial charge is 0.497 e. The maximum atomic E-state index is 13.6. The zero-order valence-corrected chi connectivity index (χ0v) is 20.9. The fraction of sp³-hybridized carbons (Fsp3) is 0.310.